The minimum atomic E-state index is 0.365. The topological polar surface area (TPSA) is 52.7 Å². The second-order valence-corrected chi connectivity index (χ2v) is 7.97. The Morgan fingerprint density at radius 3 is 3.00 bits per heavy atom. The normalized spacial score (nSPS) is 23.0. The van der Waals surface area contributed by atoms with E-state index < -0.39 is 0 Å². The summed E-state index contributed by atoms with van der Waals surface area (Å²) in [5.74, 6) is 1.07. The third-order valence-corrected chi connectivity index (χ3v) is 6.17. The lowest BCUT2D eigenvalue weighted by Crippen LogP contribution is -2.41. The van der Waals surface area contributed by atoms with Gasteiger partial charge in [-0.05, 0) is 43.7 Å². The molecule has 1 aromatic carbocycles. The van der Waals surface area contributed by atoms with Gasteiger partial charge in [0.15, 0.2) is 5.96 Å². The molecule has 0 saturated carbocycles. The Morgan fingerprint density at radius 2 is 2.22 bits per heavy atom. The van der Waals surface area contributed by atoms with Crippen molar-refractivity contribution in [1.29, 1.82) is 0 Å². The van der Waals surface area contributed by atoms with Gasteiger partial charge in [-0.2, -0.15) is 0 Å². The molecule has 4 rings (SSSR count). The number of para-hydroxylation sites is 1. The Hall–Kier alpha value is -2.01. The van der Waals surface area contributed by atoms with Crippen LogP contribution in [0.4, 0.5) is 0 Å². The molecule has 2 N–H and O–H groups in total. The van der Waals surface area contributed by atoms with Gasteiger partial charge < -0.3 is 19.9 Å². The summed E-state index contributed by atoms with van der Waals surface area (Å²) < 4.78 is 5.67. The first-order valence-electron chi connectivity index (χ1n) is 10.4. The number of aromatic amines is 1. The van der Waals surface area contributed by atoms with Crippen molar-refractivity contribution >= 4 is 16.9 Å². The molecule has 1 spiro atoms. The molecular formula is C22H32N4O. The number of aromatic nitrogens is 1. The van der Waals surface area contributed by atoms with E-state index in [-0.39, 0.29) is 0 Å². The average molecular weight is 369 g/mol. The molecule has 0 bridgehead atoms. The van der Waals surface area contributed by atoms with Crippen molar-refractivity contribution in [2.24, 2.45) is 10.4 Å². The van der Waals surface area contributed by atoms with Crippen molar-refractivity contribution in [1.82, 2.24) is 15.2 Å². The lowest BCUT2D eigenvalue weighted by atomic mass is 9.87. The standard InChI is InChI=1S/C22H32N4O/c1-3-17-6-5-7-19-18(14-25-20(17)19)8-11-24-21(23-4-2)26-12-9-22(15-26)10-13-27-16-22/h5-7,14,25H,3-4,8-13,15-16H2,1-2H3,(H,23,24). The fourth-order valence-electron chi connectivity index (χ4n) is 4.57. The Morgan fingerprint density at radius 1 is 1.30 bits per heavy atom. The van der Waals surface area contributed by atoms with E-state index >= 15 is 0 Å². The number of nitrogens with one attached hydrogen (secondary N) is 2. The van der Waals surface area contributed by atoms with Crippen LogP contribution in [-0.2, 0) is 17.6 Å². The van der Waals surface area contributed by atoms with Gasteiger partial charge in [0.05, 0.1) is 6.61 Å². The van der Waals surface area contributed by atoms with Crippen molar-refractivity contribution in [3.63, 3.8) is 0 Å². The minimum Gasteiger partial charge on any atom is -0.381 e. The number of benzene rings is 1. The first kappa shape index (κ1) is 18.4. The zero-order valence-electron chi connectivity index (χ0n) is 16.7. The second kappa shape index (κ2) is 7.93. The van der Waals surface area contributed by atoms with Crippen LogP contribution in [0.2, 0.25) is 0 Å². The number of fused-ring (bicyclic) bond motifs is 1. The Labute approximate surface area is 162 Å². The number of ether oxygens (including phenoxy) is 1. The van der Waals surface area contributed by atoms with Crippen molar-refractivity contribution in [2.75, 3.05) is 39.4 Å². The van der Waals surface area contributed by atoms with E-state index in [1.807, 2.05) is 0 Å². The highest BCUT2D eigenvalue weighted by molar-refractivity contribution is 5.86. The van der Waals surface area contributed by atoms with Gasteiger partial charge in [-0.1, -0.05) is 25.1 Å². The highest BCUT2D eigenvalue weighted by Gasteiger charge is 2.42. The third-order valence-electron chi connectivity index (χ3n) is 6.17. The van der Waals surface area contributed by atoms with Crippen LogP contribution in [0.3, 0.4) is 0 Å². The molecule has 1 unspecified atom stereocenters. The second-order valence-electron chi connectivity index (χ2n) is 7.97. The van der Waals surface area contributed by atoms with Crippen LogP contribution in [0.1, 0.15) is 37.8 Å². The molecule has 2 aliphatic rings. The Bertz CT molecular complexity index is 804. The fraction of sp³-hybridized carbons (Fsp3) is 0.591. The fourth-order valence-corrected chi connectivity index (χ4v) is 4.57. The van der Waals surface area contributed by atoms with Gasteiger partial charge in [-0.15, -0.1) is 0 Å². The van der Waals surface area contributed by atoms with E-state index in [1.165, 1.54) is 34.9 Å². The highest BCUT2D eigenvalue weighted by Crippen LogP contribution is 2.38. The lowest BCUT2D eigenvalue weighted by molar-refractivity contribution is 0.156. The first-order valence-corrected chi connectivity index (χ1v) is 10.4. The molecular weight excluding hydrogens is 336 g/mol. The lowest BCUT2D eigenvalue weighted by Gasteiger charge is -2.25. The molecule has 5 nitrogen and oxygen atoms in total. The maximum absolute atomic E-state index is 5.67. The van der Waals surface area contributed by atoms with Gasteiger partial charge in [-0.25, -0.2) is 0 Å². The number of rotatable bonds is 5. The van der Waals surface area contributed by atoms with Crippen LogP contribution in [0, 0.1) is 5.41 Å². The van der Waals surface area contributed by atoms with Gasteiger partial charge in [0, 0.05) is 55.3 Å². The smallest absolute Gasteiger partial charge is 0.193 e. The molecule has 1 aromatic heterocycles. The zero-order chi connectivity index (χ0) is 18.7. The van der Waals surface area contributed by atoms with Crippen LogP contribution >= 0.6 is 0 Å². The number of nitrogens with zero attached hydrogens (tertiary/aromatic N) is 2. The van der Waals surface area contributed by atoms with Gasteiger partial charge in [0.1, 0.15) is 0 Å². The first-order chi connectivity index (χ1) is 13.2. The van der Waals surface area contributed by atoms with E-state index in [0.29, 0.717) is 5.41 Å². The van der Waals surface area contributed by atoms with E-state index in [1.54, 1.807) is 0 Å². The monoisotopic (exact) mass is 368 g/mol. The summed E-state index contributed by atoms with van der Waals surface area (Å²) in [6, 6.07) is 6.60. The summed E-state index contributed by atoms with van der Waals surface area (Å²) in [6.45, 7) is 10.1. The average Bonchev–Trinajstić information content (AvgIpc) is 3.42. The molecule has 1 atom stereocenters. The Balaban J connectivity index is 1.44. The number of H-pyrrole nitrogens is 1. The number of likely N-dealkylation sites (tertiary alicyclic amines) is 1. The van der Waals surface area contributed by atoms with Crippen LogP contribution in [0.25, 0.3) is 10.9 Å². The quantitative estimate of drug-likeness (QED) is 0.629. The molecule has 3 heterocycles. The van der Waals surface area contributed by atoms with Crippen LogP contribution in [0.5, 0.6) is 0 Å². The molecule has 0 amide bonds. The van der Waals surface area contributed by atoms with E-state index in [4.69, 9.17) is 9.73 Å². The van der Waals surface area contributed by atoms with Gasteiger partial charge in [-0.3, -0.25) is 4.99 Å². The van der Waals surface area contributed by atoms with Gasteiger partial charge in [0.2, 0.25) is 0 Å². The maximum Gasteiger partial charge on any atom is 0.193 e. The maximum atomic E-state index is 5.67. The van der Waals surface area contributed by atoms with E-state index in [9.17, 15) is 0 Å². The summed E-state index contributed by atoms with van der Waals surface area (Å²) in [5, 5.41) is 4.84. The number of aliphatic imine (C=N–C) groups is 1. The van der Waals surface area contributed by atoms with Gasteiger partial charge in [0.25, 0.3) is 0 Å². The van der Waals surface area contributed by atoms with Crippen molar-refractivity contribution in [3.05, 3.63) is 35.5 Å². The molecule has 5 heteroatoms. The number of aryl methyl sites for hydroxylation is 1. The van der Waals surface area contributed by atoms with E-state index in [2.05, 4.69) is 53.4 Å². The SMILES string of the molecule is CCNC(=NCCc1c[nH]c2c(CC)cccc12)N1CCC2(CCOC2)C1. The largest absolute Gasteiger partial charge is 0.381 e. The van der Waals surface area contributed by atoms with E-state index in [0.717, 1.165) is 58.2 Å². The van der Waals surface area contributed by atoms with Crippen LogP contribution in [-0.4, -0.2) is 55.2 Å². The molecule has 146 valence electrons. The third kappa shape index (κ3) is 3.70. The number of hydrogen-bond donors (Lipinski definition) is 2. The molecule has 2 aromatic rings. The van der Waals surface area contributed by atoms with Crippen LogP contribution in [0.15, 0.2) is 29.4 Å². The number of guanidine groups is 1. The molecule has 0 aliphatic carbocycles. The predicted octanol–water partition coefficient (Wildman–Crippen LogP) is 3.35. The van der Waals surface area contributed by atoms with Crippen molar-refractivity contribution in [3.8, 4) is 0 Å². The number of hydrogen-bond acceptors (Lipinski definition) is 2. The minimum absolute atomic E-state index is 0.365. The molecule has 2 fully saturated rings. The molecule has 0 radical (unpaired) electrons. The molecule has 2 saturated heterocycles. The summed E-state index contributed by atoms with van der Waals surface area (Å²) in [7, 11) is 0. The summed E-state index contributed by atoms with van der Waals surface area (Å²) >= 11 is 0. The van der Waals surface area contributed by atoms with Crippen LogP contribution < -0.4 is 5.32 Å². The molecule has 27 heavy (non-hydrogen) atoms. The molecule has 2 aliphatic heterocycles. The zero-order valence-corrected chi connectivity index (χ0v) is 16.7. The highest BCUT2D eigenvalue weighted by atomic mass is 16.5. The van der Waals surface area contributed by atoms with Gasteiger partial charge >= 0.3 is 0 Å². The summed E-state index contributed by atoms with van der Waals surface area (Å²) in [6.07, 6.45) is 6.59. The predicted molar refractivity (Wildman–Crippen MR) is 111 cm³/mol. The van der Waals surface area contributed by atoms with Crippen molar-refractivity contribution < 1.29 is 4.74 Å². The summed E-state index contributed by atoms with van der Waals surface area (Å²) in [5.41, 5.74) is 4.40. The summed E-state index contributed by atoms with van der Waals surface area (Å²) in [4.78, 5) is 10.9. The van der Waals surface area contributed by atoms with Crippen molar-refractivity contribution in [2.45, 2.75) is 39.5 Å². The Kier molecular flexibility index (Phi) is 5.39.